The van der Waals surface area contributed by atoms with Gasteiger partial charge in [-0.2, -0.15) is 0 Å². The van der Waals surface area contributed by atoms with Gasteiger partial charge in [0.25, 0.3) is 5.91 Å². The van der Waals surface area contributed by atoms with Crippen LogP contribution in [-0.4, -0.2) is 33.9 Å². The molecular formula is C17H18N2O2S. The minimum absolute atomic E-state index is 0.0272. The van der Waals surface area contributed by atoms with Crippen molar-refractivity contribution in [2.45, 2.75) is 24.8 Å². The van der Waals surface area contributed by atoms with Crippen LogP contribution in [0.3, 0.4) is 0 Å². The summed E-state index contributed by atoms with van der Waals surface area (Å²) in [5.41, 5.74) is 2.08. The van der Waals surface area contributed by atoms with Crippen molar-refractivity contribution in [1.29, 1.82) is 0 Å². The molecule has 0 bridgehead atoms. The van der Waals surface area contributed by atoms with Crippen LogP contribution >= 0.6 is 11.8 Å². The third-order valence-corrected chi connectivity index (χ3v) is 5.05. The third-order valence-electron chi connectivity index (χ3n) is 3.71. The molecule has 2 aliphatic heterocycles. The second kappa shape index (κ2) is 6.40. The Morgan fingerprint density at radius 1 is 1.41 bits per heavy atom. The summed E-state index contributed by atoms with van der Waals surface area (Å²) in [4.78, 5) is 26.0. The summed E-state index contributed by atoms with van der Waals surface area (Å²) in [5.74, 6) is 0.734. The summed E-state index contributed by atoms with van der Waals surface area (Å²) in [7, 11) is 0. The van der Waals surface area contributed by atoms with Gasteiger partial charge in [-0.3, -0.25) is 9.59 Å². The molecule has 0 saturated carbocycles. The highest BCUT2D eigenvalue weighted by Gasteiger charge is 2.49. The lowest BCUT2D eigenvalue weighted by atomic mass is 10.1. The van der Waals surface area contributed by atoms with Crippen molar-refractivity contribution in [3.8, 4) is 0 Å². The number of amides is 2. The van der Waals surface area contributed by atoms with Gasteiger partial charge in [0.2, 0.25) is 5.91 Å². The standard InChI is InChI=1S/C17H18N2O2S/c1-2-6-13-10-19-16(21)15(17(19)22-11-13)18-14(20)9-12-7-4-3-5-8-12/h2-8,10,15,17H,9,11H2,1H3,(H,18,20)/t15-,17-/m1/s1. The molecule has 3 rings (SSSR count). The Hall–Kier alpha value is -2.01. The minimum Gasteiger partial charge on any atom is -0.341 e. The highest BCUT2D eigenvalue weighted by atomic mass is 32.2. The summed E-state index contributed by atoms with van der Waals surface area (Å²) in [6, 6.07) is 9.16. The summed E-state index contributed by atoms with van der Waals surface area (Å²) >= 11 is 1.69. The smallest absolute Gasteiger partial charge is 0.253 e. The molecule has 1 fully saturated rings. The van der Waals surface area contributed by atoms with Gasteiger partial charge in [-0.15, -0.1) is 11.8 Å². The van der Waals surface area contributed by atoms with E-state index in [0.717, 1.165) is 16.9 Å². The molecule has 4 nitrogen and oxygen atoms in total. The van der Waals surface area contributed by atoms with Gasteiger partial charge in [0, 0.05) is 12.0 Å². The van der Waals surface area contributed by atoms with Crippen LogP contribution in [0.1, 0.15) is 12.5 Å². The first-order valence-corrected chi connectivity index (χ1v) is 8.34. The number of hydrogen-bond acceptors (Lipinski definition) is 3. The van der Waals surface area contributed by atoms with Crippen molar-refractivity contribution in [3.63, 3.8) is 0 Å². The van der Waals surface area contributed by atoms with E-state index in [2.05, 4.69) is 5.32 Å². The minimum atomic E-state index is -0.399. The number of nitrogens with zero attached hydrogens (tertiary/aromatic N) is 1. The van der Waals surface area contributed by atoms with Crippen LogP contribution in [0.15, 0.2) is 54.3 Å². The van der Waals surface area contributed by atoms with Crippen molar-refractivity contribution in [2.24, 2.45) is 0 Å². The second-order valence-electron chi connectivity index (χ2n) is 5.36. The molecule has 1 saturated heterocycles. The molecule has 0 unspecified atom stereocenters. The van der Waals surface area contributed by atoms with E-state index in [9.17, 15) is 9.59 Å². The second-order valence-corrected chi connectivity index (χ2v) is 6.46. The van der Waals surface area contributed by atoms with Crippen molar-refractivity contribution < 1.29 is 9.59 Å². The maximum Gasteiger partial charge on any atom is 0.253 e. The highest BCUT2D eigenvalue weighted by molar-refractivity contribution is 8.00. The van der Waals surface area contributed by atoms with Crippen LogP contribution in [0.5, 0.6) is 0 Å². The fraction of sp³-hybridized carbons (Fsp3) is 0.294. The van der Waals surface area contributed by atoms with E-state index >= 15 is 0 Å². The van der Waals surface area contributed by atoms with Gasteiger partial charge in [0.1, 0.15) is 11.4 Å². The first-order valence-electron chi connectivity index (χ1n) is 7.29. The van der Waals surface area contributed by atoms with E-state index in [-0.39, 0.29) is 17.2 Å². The predicted molar refractivity (Wildman–Crippen MR) is 88.1 cm³/mol. The van der Waals surface area contributed by atoms with Gasteiger partial charge >= 0.3 is 0 Å². The number of β-lactam (4-membered cyclic amide) rings is 1. The molecule has 1 aromatic carbocycles. The fourth-order valence-corrected chi connectivity index (χ4v) is 3.88. The first-order chi connectivity index (χ1) is 10.7. The Balaban J connectivity index is 1.59. The topological polar surface area (TPSA) is 49.4 Å². The van der Waals surface area contributed by atoms with E-state index in [1.54, 1.807) is 16.7 Å². The summed E-state index contributed by atoms with van der Waals surface area (Å²) in [6.07, 6.45) is 6.18. The van der Waals surface area contributed by atoms with E-state index < -0.39 is 6.04 Å². The molecule has 2 aliphatic rings. The van der Waals surface area contributed by atoms with Gasteiger partial charge in [-0.1, -0.05) is 42.5 Å². The van der Waals surface area contributed by atoms with Crippen LogP contribution in [0.2, 0.25) is 0 Å². The molecular weight excluding hydrogens is 296 g/mol. The zero-order valence-electron chi connectivity index (χ0n) is 12.4. The van der Waals surface area contributed by atoms with E-state index in [0.29, 0.717) is 6.42 Å². The maximum absolute atomic E-state index is 12.2. The Bertz CT molecular complexity index is 639. The molecule has 22 heavy (non-hydrogen) atoms. The van der Waals surface area contributed by atoms with Crippen LogP contribution in [0.25, 0.3) is 0 Å². The number of carbonyl (C=O) groups is 2. The van der Waals surface area contributed by atoms with Crippen molar-refractivity contribution in [1.82, 2.24) is 10.2 Å². The van der Waals surface area contributed by atoms with Gasteiger partial charge in [0.05, 0.1) is 6.42 Å². The number of nitrogens with one attached hydrogen (secondary N) is 1. The lowest BCUT2D eigenvalue weighted by Gasteiger charge is -2.47. The Kier molecular flexibility index (Phi) is 4.34. The number of thioether (sulfide) groups is 1. The number of fused-ring (bicyclic) bond motifs is 1. The number of carbonyl (C=O) groups excluding carboxylic acids is 2. The van der Waals surface area contributed by atoms with Gasteiger partial charge < -0.3 is 10.2 Å². The Labute approximate surface area is 134 Å². The van der Waals surface area contributed by atoms with Gasteiger partial charge in [0.15, 0.2) is 0 Å². The average Bonchev–Trinajstić information content (AvgIpc) is 2.54. The molecule has 0 aliphatic carbocycles. The molecule has 2 atom stereocenters. The van der Waals surface area contributed by atoms with Crippen LogP contribution in [0.4, 0.5) is 0 Å². The van der Waals surface area contributed by atoms with Crippen LogP contribution in [-0.2, 0) is 16.0 Å². The van der Waals surface area contributed by atoms with Crippen LogP contribution in [0, 0.1) is 0 Å². The largest absolute Gasteiger partial charge is 0.341 e. The SMILES string of the molecule is CC=CC1=CN2C(=O)[C@@H](NC(=O)Cc3ccccc3)[C@H]2SC1. The molecule has 0 spiro atoms. The van der Waals surface area contributed by atoms with Crippen molar-refractivity contribution in [3.05, 3.63) is 59.8 Å². The highest BCUT2D eigenvalue weighted by Crippen LogP contribution is 2.36. The van der Waals surface area contributed by atoms with E-state index in [4.69, 9.17) is 0 Å². The fourth-order valence-electron chi connectivity index (χ4n) is 2.64. The molecule has 1 aromatic rings. The maximum atomic E-state index is 12.2. The molecule has 2 amide bonds. The van der Waals surface area contributed by atoms with E-state index in [1.165, 1.54) is 0 Å². The van der Waals surface area contributed by atoms with Gasteiger partial charge in [-0.05, 0) is 18.1 Å². The number of allylic oxidation sites excluding steroid dienone is 2. The zero-order valence-corrected chi connectivity index (χ0v) is 13.2. The number of benzene rings is 1. The zero-order chi connectivity index (χ0) is 15.5. The normalized spacial score (nSPS) is 23.8. The molecule has 5 heteroatoms. The quantitative estimate of drug-likeness (QED) is 0.866. The van der Waals surface area contributed by atoms with Crippen LogP contribution < -0.4 is 5.32 Å². The Morgan fingerprint density at radius 2 is 2.18 bits per heavy atom. The summed E-state index contributed by atoms with van der Waals surface area (Å²) in [6.45, 7) is 1.96. The lowest BCUT2D eigenvalue weighted by molar-refractivity contribution is -0.144. The Morgan fingerprint density at radius 3 is 2.91 bits per heavy atom. The third kappa shape index (κ3) is 2.95. The predicted octanol–water partition coefficient (Wildman–Crippen LogP) is 2.09. The van der Waals surface area contributed by atoms with Crippen molar-refractivity contribution in [2.75, 3.05) is 5.75 Å². The molecule has 1 N–H and O–H groups in total. The first kappa shape index (κ1) is 14.9. The van der Waals surface area contributed by atoms with Crippen molar-refractivity contribution >= 4 is 23.6 Å². The molecule has 0 radical (unpaired) electrons. The summed E-state index contributed by atoms with van der Waals surface area (Å²) in [5, 5.41) is 2.89. The molecule has 2 heterocycles. The monoisotopic (exact) mass is 314 g/mol. The molecule has 114 valence electrons. The lowest BCUT2D eigenvalue weighted by Crippen LogP contribution is -2.68. The number of hydrogen-bond donors (Lipinski definition) is 1. The van der Waals surface area contributed by atoms with Gasteiger partial charge in [-0.25, -0.2) is 0 Å². The molecule has 0 aromatic heterocycles. The average molecular weight is 314 g/mol. The summed E-state index contributed by atoms with van der Waals surface area (Å²) < 4.78 is 0. The number of rotatable bonds is 4. The van der Waals surface area contributed by atoms with E-state index in [1.807, 2.05) is 55.6 Å².